The predicted molar refractivity (Wildman–Crippen MR) is 86.2 cm³/mol. The summed E-state index contributed by atoms with van der Waals surface area (Å²) in [5.74, 6) is 0.673. The van der Waals surface area contributed by atoms with Crippen LogP contribution in [0.2, 0.25) is 0 Å². The van der Waals surface area contributed by atoms with Gasteiger partial charge in [-0.25, -0.2) is 4.39 Å². The highest BCUT2D eigenvalue weighted by molar-refractivity contribution is 5.43. The quantitative estimate of drug-likeness (QED) is 0.497. The lowest BCUT2D eigenvalue weighted by atomic mass is 9.54. The van der Waals surface area contributed by atoms with Crippen molar-refractivity contribution in [1.29, 1.82) is 0 Å². The Morgan fingerprint density at radius 3 is 2.75 bits per heavy atom. The van der Waals surface area contributed by atoms with E-state index >= 15 is 0 Å². The number of epoxide rings is 1. The summed E-state index contributed by atoms with van der Waals surface area (Å²) in [6, 6.07) is 0. The molecule has 2 heterocycles. The monoisotopic (exact) mass is 334 g/mol. The molecule has 4 heteroatoms. The molecular weight excluding hydrogens is 307 g/mol. The summed E-state index contributed by atoms with van der Waals surface area (Å²) in [4.78, 5) is 0. The molecule has 0 radical (unpaired) electrons. The maximum absolute atomic E-state index is 14.5. The molecule has 2 aliphatic heterocycles. The highest BCUT2D eigenvalue weighted by Crippen LogP contribution is 2.73. The van der Waals surface area contributed by atoms with E-state index in [2.05, 4.69) is 13.0 Å². The molecule has 132 valence electrons. The number of hydrogen-bond donors (Lipinski definition) is 0. The van der Waals surface area contributed by atoms with E-state index in [1.807, 2.05) is 0 Å². The van der Waals surface area contributed by atoms with Crippen LogP contribution in [0.15, 0.2) is 11.6 Å². The molecule has 24 heavy (non-hydrogen) atoms. The summed E-state index contributed by atoms with van der Waals surface area (Å²) in [7, 11) is 0. The van der Waals surface area contributed by atoms with Crippen LogP contribution >= 0.6 is 0 Å². The van der Waals surface area contributed by atoms with Crippen molar-refractivity contribution >= 4 is 0 Å². The highest BCUT2D eigenvalue weighted by Gasteiger charge is 2.79. The number of allylic oxidation sites excluding steroid dienone is 1. The van der Waals surface area contributed by atoms with E-state index in [9.17, 15) is 4.39 Å². The molecule has 5 fully saturated rings. The first-order chi connectivity index (χ1) is 11.5. The standard InChI is InChI=1S/C20H27FO3/c1-17-6-5-15-13(14(17)2-3-16(17)21)4-7-18-12-19(22-10-11-23-19)8-9-20(15,18)24-18/h5,13-14,16H,2-4,6-12H2,1H3/t13?,14?,16-,17+,18?,20?/m1/s1. The van der Waals surface area contributed by atoms with Gasteiger partial charge < -0.3 is 14.2 Å². The SMILES string of the molecule is C[C@]12CC=C3C(CCC45CC6(CCC34O5)OCCO6)C1CC[C@H]2F. The predicted octanol–water partition coefficient (Wildman–Crippen LogP) is 3.92. The zero-order valence-corrected chi connectivity index (χ0v) is 14.5. The lowest BCUT2D eigenvalue weighted by Gasteiger charge is -2.49. The second-order valence-electron chi connectivity index (χ2n) is 9.37. The molecule has 4 unspecified atom stereocenters. The van der Waals surface area contributed by atoms with Gasteiger partial charge in [-0.05, 0) is 55.9 Å². The van der Waals surface area contributed by atoms with Crippen LogP contribution in [0.25, 0.3) is 0 Å². The number of ether oxygens (including phenoxy) is 3. The van der Waals surface area contributed by atoms with Crippen LogP contribution in [0.3, 0.4) is 0 Å². The Morgan fingerprint density at radius 1 is 1.08 bits per heavy atom. The van der Waals surface area contributed by atoms with Crippen LogP contribution in [-0.4, -0.2) is 36.4 Å². The second kappa shape index (κ2) is 4.27. The molecule has 6 atom stereocenters. The van der Waals surface area contributed by atoms with Crippen LogP contribution in [0.1, 0.15) is 58.3 Å². The summed E-state index contributed by atoms with van der Waals surface area (Å²) in [5.41, 5.74) is 1.27. The van der Waals surface area contributed by atoms with Crippen LogP contribution in [0, 0.1) is 17.3 Å². The van der Waals surface area contributed by atoms with Gasteiger partial charge in [-0.2, -0.15) is 0 Å². The zero-order chi connectivity index (χ0) is 16.2. The first-order valence-electron chi connectivity index (χ1n) is 9.85. The van der Waals surface area contributed by atoms with Crippen LogP contribution in [0.5, 0.6) is 0 Å². The topological polar surface area (TPSA) is 31.0 Å². The van der Waals surface area contributed by atoms with E-state index < -0.39 is 6.17 Å². The third-order valence-electron chi connectivity index (χ3n) is 8.56. The first-order valence-corrected chi connectivity index (χ1v) is 9.85. The lowest BCUT2D eigenvalue weighted by Crippen LogP contribution is -2.51. The number of rotatable bonds is 0. The largest absolute Gasteiger partial charge is 0.358 e. The zero-order valence-electron chi connectivity index (χ0n) is 14.5. The van der Waals surface area contributed by atoms with E-state index in [-0.39, 0.29) is 22.4 Å². The van der Waals surface area contributed by atoms with Gasteiger partial charge in [0.25, 0.3) is 0 Å². The molecule has 0 N–H and O–H groups in total. The third-order valence-corrected chi connectivity index (χ3v) is 8.56. The maximum Gasteiger partial charge on any atom is 0.171 e. The smallest absolute Gasteiger partial charge is 0.171 e. The summed E-state index contributed by atoms with van der Waals surface area (Å²) in [5, 5.41) is 0. The number of alkyl halides is 1. The normalized spacial score (nSPS) is 56.9. The molecule has 6 aliphatic rings. The van der Waals surface area contributed by atoms with E-state index in [1.54, 1.807) is 0 Å². The molecule has 2 saturated heterocycles. The van der Waals surface area contributed by atoms with E-state index in [0.29, 0.717) is 25.0 Å². The summed E-state index contributed by atoms with van der Waals surface area (Å²) in [6.45, 7) is 3.62. The molecular formula is C20H27FO3. The van der Waals surface area contributed by atoms with E-state index in [0.717, 1.165) is 51.4 Å². The molecule has 0 aromatic heterocycles. The Kier molecular flexibility index (Phi) is 2.61. The fourth-order valence-corrected chi connectivity index (χ4v) is 7.27. The summed E-state index contributed by atoms with van der Waals surface area (Å²) in [6.07, 6.45) is 9.53. The minimum Gasteiger partial charge on any atom is -0.358 e. The van der Waals surface area contributed by atoms with Crippen molar-refractivity contribution in [2.75, 3.05) is 13.2 Å². The van der Waals surface area contributed by atoms with Crippen LogP contribution in [-0.2, 0) is 14.2 Å². The van der Waals surface area contributed by atoms with E-state index in [1.165, 1.54) is 5.57 Å². The first kappa shape index (κ1) is 14.7. The Morgan fingerprint density at radius 2 is 1.92 bits per heavy atom. The number of hydrogen-bond acceptors (Lipinski definition) is 3. The van der Waals surface area contributed by atoms with Crippen LogP contribution in [0.4, 0.5) is 4.39 Å². The summed E-state index contributed by atoms with van der Waals surface area (Å²) >= 11 is 0. The molecule has 0 bridgehead atoms. The Bertz CT molecular complexity index is 626. The molecule has 1 spiro atoms. The third kappa shape index (κ3) is 1.51. The molecule has 0 aromatic rings. The van der Waals surface area contributed by atoms with Gasteiger partial charge in [0.05, 0.1) is 13.2 Å². The molecule has 3 nitrogen and oxygen atoms in total. The van der Waals surface area contributed by atoms with Crippen molar-refractivity contribution < 1.29 is 18.6 Å². The van der Waals surface area contributed by atoms with Gasteiger partial charge >= 0.3 is 0 Å². The Labute approximate surface area is 142 Å². The average Bonchev–Trinajstić information content (AvgIpc) is 2.88. The summed E-state index contributed by atoms with van der Waals surface area (Å²) < 4.78 is 33.1. The maximum atomic E-state index is 14.5. The molecule has 3 saturated carbocycles. The number of halogens is 1. The molecule has 0 amide bonds. The van der Waals surface area contributed by atoms with Crippen LogP contribution < -0.4 is 0 Å². The minimum atomic E-state index is -0.625. The van der Waals surface area contributed by atoms with Gasteiger partial charge in [-0.3, -0.25) is 0 Å². The van der Waals surface area contributed by atoms with E-state index in [4.69, 9.17) is 14.2 Å². The van der Waals surface area contributed by atoms with Crippen molar-refractivity contribution in [3.63, 3.8) is 0 Å². The van der Waals surface area contributed by atoms with Crippen molar-refractivity contribution in [2.24, 2.45) is 17.3 Å². The average molecular weight is 334 g/mol. The van der Waals surface area contributed by atoms with Crippen molar-refractivity contribution in [3.05, 3.63) is 11.6 Å². The fraction of sp³-hybridized carbons (Fsp3) is 0.900. The Hall–Kier alpha value is -0.450. The lowest BCUT2D eigenvalue weighted by molar-refractivity contribution is -0.185. The highest BCUT2D eigenvalue weighted by atomic mass is 19.1. The van der Waals surface area contributed by atoms with Gasteiger partial charge in [0.15, 0.2) is 5.79 Å². The molecule has 0 aromatic carbocycles. The van der Waals surface area contributed by atoms with Gasteiger partial charge in [-0.1, -0.05) is 13.0 Å². The van der Waals surface area contributed by atoms with Gasteiger partial charge in [0.2, 0.25) is 0 Å². The Balaban J connectivity index is 1.36. The fourth-order valence-electron chi connectivity index (χ4n) is 7.27. The minimum absolute atomic E-state index is 0.0562. The van der Waals surface area contributed by atoms with Gasteiger partial charge in [0.1, 0.15) is 17.4 Å². The van der Waals surface area contributed by atoms with Crippen molar-refractivity contribution in [3.8, 4) is 0 Å². The van der Waals surface area contributed by atoms with Gasteiger partial charge in [-0.15, -0.1) is 0 Å². The second-order valence-corrected chi connectivity index (χ2v) is 9.37. The number of fused-ring (bicyclic) bond motifs is 3. The van der Waals surface area contributed by atoms with Gasteiger partial charge in [0, 0.05) is 18.3 Å². The van der Waals surface area contributed by atoms with Crippen molar-refractivity contribution in [1.82, 2.24) is 0 Å². The molecule has 4 aliphatic carbocycles. The molecule has 6 rings (SSSR count). The van der Waals surface area contributed by atoms with Crippen molar-refractivity contribution in [2.45, 2.75) is 81.5 Å².